The maximum absolute atomic E-state index is 12.9. The number of aromatic nitrogens is 6. The van der Waals surface area contributed by atoms with Crippen molar-refractivity contribution in [2.45, 2.75) is 13.1 Å². The fourth-order valence-electron chi connectivity index (χ4n) is 4.39. The number of rotatable bonds is 9. The Hall–Kier alpha value is -5.51. The summed E-state index contributed by atoms with van der Waals surface area (Å²) in [6.45, 7) is 2.35. The van der Waals surface area contributed by atoms with Gasteiger partial charge in [0.2, 0.25) is 5.91 Å². The number of nitrogens with zero attached hydrogens (tertiary/aromatic N) is 7. The average Bonchev–Trinajstić information content (AvgIpc) is 3.63. The van der Waals surface area contributed by atoms with E-state index >= 15 is 0 Å². The van der Waals surface area contributed by atoms with Crippen molar-refractivity contribution in [2.75, 3.05) is 18.4 Å². The van der Waals surface area contributed by atoms with Crippen LogP contribution in [-0.4, -0.2) is 48.4 Å². The van der Waals surface area contributed by atoms with Crippen LogP contribution < -0.4 is 10.6 Å². The molecule has 5 aromatic heterocycles. The highest BCUT2D eigenvalue weighted by atomic mass is 19.4. The summed E-state index contributed by atoms with van der Waals surface area (Å²) in [4.78, 5) is 20.5. The minimum Gasteiger partial charge on any atom is -0.368 e. The van der Waals surface area contributed by atoms with Crippen molar-refractivity contribution in [2.24, 2.45) is 13.0 Å². The zero-order chi connectivity index (χ0) is 30.6. The smallest absolute Gasteiger partial charge is 0.368 e. The molecule has 1 amide bonds. The van der Waals surface area contributed by atoms with E-state index in [1.165, 1.54) is 24.5 Å². The number of fused-ring (bicyclic) bond motifs is 1. The summed E-state index contributed by atoms with van der Waals surface area (Å²) >= 11 is 0. The highest BCUT2D eigenvalue weighted by Crippen LogP contribution is 2.32. The van der Waals surface area contributed by atoms with Gasteiger partial charge in [0.05, 0.1) is 35.0 Å². The Morgan fingerprint density at radius 2 is 1.88 bits per heavy atom. The van der Waals surface area contributed by atoms with Crippen molar-refractivity contribution in [3.8, 4) is 28.3 Å². The molecule has 0 aromatic carbocycles. The van der Waals surface area contributed by atoms with Crippen LogP contribution in [0.1, 0.15) is 23.6 Å². The normalized spacial score (nSPS) is 12.4. The number of carbonyl (C=O) groups excluding carboxylic acids is 1. The van der Waals surface area contributed by atoms with Gasteiger partial charge in [-0.1, -0.05) is 19.1 Å². The van der Waals surface area contributed by atoms with Crippen LogP contribution in [0.4, 0.5) is 19.0 Å². The summed E-state index contributed by atoms with van der Waals surface area (Å²) < 4.78 is 42.0. The number of hydrogen-bond acceptors (Lipinski definition) is 7. The summed E-state index contributed by atoms with van der Waals surface area (Å²) in [6, 6.07) is 8.85. The van der Waals surface area contributed by atoms with Gasteiger partial charge in [-0.25, -0.2) is 9.50 Å². The number of anilines is 1. The minimum absolute atomic E-state index is 0.257. The van der Waals surface area contributed by atoms with Crippen LogP contribution >= 0.6 is 0 Å². The van der Waals surface area contributed by atoms with Crippen molar-refractivity contribution in [3.05, 3.63) is 90.4 Å². The average molecular weight is 586 g/mol. The third kappa shape index (κ3) is 6.70. The van der Waals surface area contributed by atoms with Gasteiger partial charge in [0.1, 0.15) is 11.9 Å². The molecule has 0 aliphatic carbocycles. The quantitative estimate of drug-likeness (QED) is 0.234. The van der Waals surface area contributed by atoms with Crippen LogP contribution in [0.25, 0.3) is 33.8 Å². The number of hydrogen-bond donors (Lipinski definition) is 2. The van der Waals surface area contributed by atoms with Gasteiger partial charge in [-0.15, -0.1) is 0 Å². The molecule has 1 atom stereocenters. The molecule has 0 saturated carbocycles. The zero-order valence-corrected chi connectivity index (χ0v) is 23.2. The number of halogens is 3. The van der Waals surface area contributed by atoms with Crippen molar-refractivity contribution >= 4 is 23.3 Å². The Morgan fingerprint density at radius 1 is 1.05 bits per heavy atom. The topological polar surface area (TPSA) is 126 Å². The second-order valence-corrected chi connectivity index (χ2v) is 9.81. The number of nitrogens with one attached hydrogen (secondary N) is 2. The van der Waals surface area contributed by atoms with Crippen molar-refractivity contribution in [1.29, 1.82) is 5.26 Å². The van der Waals surface area contributed by atoms with Gasteiger partial charge in [-0.2, -0.15) is 28.6 Å². The van der Waals surface area contributed by atoms with Crippen LogP contribution in [0.2, 0.25) is 0 Å². The fraction of sp³-hybridized carbons (Fsp3) is 0.200. The zero-order valence-electron chi connectivity index (χ0n) is 23.2. The first-order valence-electron chi connectivity index (χ1n) is 13.2. The molecule has 0 bridgehead atoms. The number of nitriles is 1. The third-order valence-electron chi connectivity index (χ3n) is 6.65. The Bertz CT molecular complexity index is 1830. The first-order chi connectivity index (χ1) is 20.6. The molecule has 13 heteroatoms. The maximum atomic E-state index is 12.9. The van der Waals surface area contributed by atoms with Crippen molar-refractivity contribution < 1.29 is 18.0 Å². The summed E-state index contributed by atoms with van der Waals surface area (Å²) in [5, 5.41) is 24.2. The van der Waals surface area contributed by atoms with Gasteiger partial charge in [-0.05, 0) is 29.8 Å². The molecule has 0 aliphatic heterocycles. The molecule has 2 N–H and O–H groups in total. The number of amides is 1. The minimum atomic E-state index is -4.49. The van der Waals surface area contributed by atoms with Gasteiger partial charge in [-0.3, -0.25) is 14.5 Å². The first-order valence-corrected chi connectivity index (χ1v) is 13.2. The number of pyridine rings is 3. The van der Waals surface area contributed by atoms with Gasteiger partial charge in [0.25, 0.3) is 0 Å². The lowest BCUT2D eigenvalue weighted by Gasteiger charge is -2.11. The summed E-state index contributed by atoms with van der Waals surface area (Å²) in [7, 11) is 1.84. The van der Waals surface area contributed by atoms with Crippen LogP contribution in [0, 0.1) is 17.2 Å². The maximum Gasteiger partial charge on any atom is 0.417 e. The SMILES string of the molecule is CC(/C=C/c1cncc(C(F)(F)F)c1)C(=O)NCCNc1ccc(-c2cc(-c3cnn(C)c3)cn3ncc(C#N)c23)cn1. The monoisotopic (exact) mass is 585 g/mol. The van der Waals surface area contributed by atoms with Crippen molar-refractivity contribution in [3.63, 3.8) is 0 Å². The van der Waals surface area contributed by atoms with Crippen LogP contribution in [-0.2, 0) is 18.0 Å². The second kappa shape index (κ2) is 12.2. The van der Waals surface area contributed by atoms with E-state index in [0.29, 0.717) is 30.0 Å². The first kappa shape index (κ1) is 29.0. The lowest BCUT2D eigenvalue weighted by molar-refractivity contribution is -0.137. The highest BCUT2D eigenvalue weighted by Gasteiger charge is 2.30. The number of aryl methyl sites for hydroxylation is 1. The molecule has 218 valence electrons. The van der Waals surface area contributed by atoms with Crippen LogP contribution in [0.5, 0.6) is 0 Å². The molecule has 10 nitrogen and oxygen atoms in total. The largest absolute Gasteiger partial charge is 0.417 e. The summed E-state index contributed by atoms with van der Waals surface area (Å²) in [5.74, 6) is -0.239. The van der Waals surface area contributed by atoms with Crippen LogP contribution in [0.3, 0.4) is 0 Å². The van der Waals surface area contributed by atoms with Crippen molar-refractivity contribution in [1.82, 2.24) is 34.7 Å². The molecule has 43 heavy (non-hydrogen) atoms. The Kier molecular flexibility index (Phi) is 8.20. The van der Waals surface area contributed by atoms with Gasteiger partial charge in [0.15, 0.2) is 0 Å². The predicted molar refractivity (Wildman–Crippen MR) is 154 cm³/mol. The molecular formula is C30H26F3N9O. The van der Waals surface area contributed by atoms with Gasteiger partial charge in [0, 0.05) is 73.4 Å². The predicted octanol–water partition coefficient (Wildman–Crippen LogP) is 4.96. The van der Waals surface area contributed by atoms with E-state index in [0.717, 1.165) is 34.5 Å². The fourth-order valence-corrected chi connectivity index (χ4v) is 4.39. The molecule has 0 aliphatic rings. The molecule has 0 spiro atoms. The Morgan fingerprint density at radius 3 is 2.58 bits per heavy atom. The summed E-state index contributed by atoms with van der Waals surface area (Å²) in [6.07, 6.45) is 9.29. The molecule has 5 heterocycles. The standard InChI is InChI=1S/C30H26F3N9O/c1-19(3-4-20-9-25(16-35-12-20)30(31,32)33)29(43)37-8-7-36-27-6-5-21(13-38-27)26-10-22(24-15-39-41(2)17-24)18-42-28(26)23(11-34)14-40-42/h3-6,9-10,12-19H,7-8H2,1-2H3,(H,36,38)(H,37,43)/b4-3+. The second-order valence-electron chi connectivity index (χ2n) is 9.81. The number of alkyl halides is 3. The van der Waals surface area contributed by atoms with E-state index in [4.69, 9.17) is 0 Å². The molecule has 1 unspecified atom stereocenters. The van der Waals surface area contributed by atoms with E-state index < -0.39 is 17.7 Å². The Balaban J connectivity index is 1.19. The molecule has 5 rings (SSSR count). The van der Waals surface area contributed by atoms with Gasteiger partial charge < -0.3 is 10.6 Å². The van der Waals surface area contributed by atoms with Gasteiger partial charge >= 0.3 is 6.18 Å². The number of carbonyl (C=O) groups is 1. The molecule has 0 saturated heterocycles. The van der Waals surface area contributed by atoms with E-state index in [-0.39, 0.29) is 11.5 Å². The third-order valence-corrected chi connectivity index (χ3v) is 6.65. The lowest BCUT2D eigenvalue weighted by Crippen LogP contribution is -2.32. The lowest BCUT2D eigenvalue weighted by atomic mass is 10.0. The van der Waals surface area contributed by atoms with E-state index in [9.17, 15) is 23.2 Å². The van der Waals surface area contributed by atoms with Crippen LogP contribution in [0.15, 0.2) is 73.7 Å². The highest BCUT2D eigenvalue weighted by molar-refractivity contribution is 5.87. The molecule has 0 fully saturated rings. The Labute approximate surface area is 244 Å². The summed E-state index contributed by atoms with van der Waals surface area (Å²) in [5.41, 5.74) is 3.91. The van der Waals surface area contributed by atoms with E-state index in [1.54, 1.807) is 34.6 Å². The molecular weight excluding hydrogens is 559 g/mol. The van der Waals surface area contributed by atoms with E-state index in [1.807, 2.05) is 31.6 Å². The molecule has 0 radical (unpaired) electrons. The van der Waals surface area contributed by atoms with E-state index in [2.05, 4.69) is 36.9 Å². The molecule has 5 aromatic rings.